The second-order valence-corrected chi connectivity index (χ2v) is 5.95. The van der Waals surface area contributed by atoms with Gasteiger partial charge in [0.25, 0.3) is 10.0 Å². The molecule has 0 saturated heterocycles. The summed E-state index contributed by atoms with van der Waals surface area (Å²) in [6.07, 6.45) is 1.41. The van der Waals surface area contributed by atoms with Crippen LogP contribution >= 0.6 is 0 Å². The molecule has 0 fully saturated rings. The second-order valence-electron chi connectivity index (χ2n) is 4.30. The van der Waals surface area contributed by atoms with Gasteiger partial charge in [0.05, 0.1) is 12.3 Å². The van der Waals surface area contributed by atoms with Crippen LogP contribution in [0.15, 0.2) is 35.4 Å². The summed E-state index contributed by atoms with van der Waals surface area (Å²) >= 11 is 0. The van der Waals surface area contributed by atoms with E-state index in [9.17, 15) is 8.42 Å². The molecule has 0 amide bonds. The summed E-state index contributed by atoms with van der Waals surface area (Å²) in [4.78, 5) is -0.0360. The number of nitrogen functional groups attached to an aromatic ring is 1. The molecule has 0 atom stereocenters. The van der Waals surface area contributed by atoms with Gasteiger partial charge in [-0.3, -0.25) is 9.40 Å². The minimum atomic E-state index is -3.78. The monoisotopic (exact) mass is 310 g/mol. The van der Waals surface area contributed by atoms with Crippen molar-refractivity contribution in [2.24, 2.45) is 0 Å². The molecule has 2 rings (SSSR count). The van der Waals surface area contributed by atoms with Crippen LogP contribution in [0.1, 0.15) is 13.8 Å². The lowest BCUT2D eigenvalue weighted by molar-refractivity contribution is 0.340. The van der Waals surface area contributed by atoms with E-state index in [1.807, 2.05) is 13.8 Å². The number of nitrogens with two attached hydrogens (primary N) is 1. The van der Waals surface area contributed by atoms with Crippen LogP contribution in [0.2, 0.25) is 0 Å². The Labute approximate surface area is 123 Å². The summed E-state index contributed by atoms with van der Waals surface area (Å²) < 4.78 is 34.0. The Morgan fingerprint density at radius 1 is 1.38 bits per heavy atom. The molecule has 0 spiro atoms. The van der Waals surface area contributed by atoms with Gasteiger partial charge in [-0.25, -0.2) is 8.42 Å². The predicted octanol–water partition coefficient (Wildman–Crippen LogP) is 1.68. The summed E-state index contributed by atoms with van der Waals surface area (Å²) in [6.45, 7) is 4.75. The fourth-order valence-corrected chi connectivity index (χ4v) is 2.94. The zero-order chi connectivity index (χ0) is 15.5. The van der Waals surface area contributed by atoms with Crippen molar-refractivity contribution in [2.45, 2.75) is 25.3 Å². The normalized spacial score (nSPS) is 11.3. The van der Waals surface area contributed by atoms with E-state index in [0.717, 1.165) is 0 Å². The molecule has 0 bridgehead atoms. The average Bonchev–Trinajstić information content (AvgIpc) is 2.81. The van der Waals surface area contributed by atoms with Crippen molar-refractivity contribution in [1.82, 2.24) is 9.78 Å². The molecule has 1 heterocycles. The number of rotatable bonds is 6. The van der Waals surface area contributed by atoms with Crippen molar-refractivity contribution in [3.8, 4) is 5.75 Å². The summed E-state index contributed by atoms with van der Waals surface area (Å²) in [5.74, 6) is 0.570. The Hall–Kier alpha value is -2.22. The molecular weight excluding hydrogens is 292 g/mol. The molecule has 7 nitrogen and oxygen atoms in total. The van der Waals surface area contributed by atoms with Crippen molar-refractivity contribution in [2.75, 3.05) is 17.1 Å². The Kier molecular flexibility index (Phi) is 4.37. The van der Waals surface area contributed by atoms with Gasteiger partial charge in [0.15, 0.2) is 5.82 Å². The van der Waals surface area contributed by atoms with Crippen molar-refractivity contribution in [3.63, 3.8) is 0 Å². The highest BCUT2D eigenvalue weighted by Gasteiger charge is 2.21. The zero-order valence-corrected chi connectivity index (χ0v) is 12.7. The highest BCUT2D eigenvalue weighted by atomic mass is 32.2. The highest BCUT2D eigenvalue weighted by molar-refractivity contribution is 7.92. The number of anilines is 2. The molecule has 8 heteroatoms. The third-order valence-electron chi connectivity index (χ3n) is 2.77. The maximum Gasteiger partial charge on any atom is 0.267 e. The second kappa shape index (κ2) is 6.04. The number of sulfonamides is 1. The number of benzene rings is 1. The summed E-state index contributed by atoms with van der Waals surface area (Å²) in [7, 11) is -3.78. The zero-order valence-electron chi connectivity index (χ0n) is 11.9. The first-order valence-corrected chi connectivity index (χ1v) is 8.03. The van der Waals surface area contributed by atoms with Gasteiger partial charge in [0.1, 0.15) is 10.6 Å². The van der Waals surface area contributed by atoms with Gasteiger partial charge in [-0.05, 0) is 26.0 Å². The molecule has 1 aromatic heterocycles. The van der Waals surface area contributed by atoms with E-state index in [-0.39, 0.29) is 10.7 Å². The van der Waals surface area contributed by atoms with Crippen LogP contribution in [0.3, 0.4) is 0 Å². The smallest absolute Gasteiger partial charge is 0.267 e. The van der Waals surface area contributed by atoms with Crippen molar-refractivity contribution < 1.29 is 13.2 Å². The average molecular weight is 310 g/mol. The third kappa shape index (κ3) is 3.46. The maximum atomic E-state index is 12.3. The first-order chi connectivity index (χ1) is 9.96. The molecule has 2 aromatic rings. The third-order valence-corrected chi connectivity index (χ3v) is 4.16. The lowest BCUT2D eigenvalue weighted by atomic mass is 10.3. The number of hydrogen-bond donors (Lipinski definition) is 2. The maximum absolute atomic E-state index is 12.3. The fraction of sp³-hybridized carbons (Fsp3) is 0.308. The van der Waals surface area contributed by atoms with E-state index in [4.69, 9.17) is 10.5 Å². The summed E-state index contributed by atoms with van der Waals surface area (Å²) in [6, 6.07) is 6.72. The van der Waals surface area contributed by atoms with E-state index >= 15 is 0 Å². The molecule has 0 aliphatic rings. The molecule has 114 valence electrons. The van der Waals surface area contributed by atoms with Crippen LogP contribution in [0.4, 0.5) is 11.5 Å². The van der Waals surface area contributed by atoms with E-state index < -0.39 is 10.0 Å². The van der Waals surface area contributed by atoms with E-state index in [1.165, 1.54) is 10.9 Å². The van der Waals surface area contributed by atoms with Crippen molar-refractivity contribution >= 4 is 21.5 Å². The Morgan fingerprint density at radius 2 is 2.14 bits per heavy atom. The van der Waals surface area contributed by atoms with Crippen LogP contribution in [0.5, 0.6) is 5.75 Å². The molecule has 1 aromatic carbocycles. The minimum absolute atomic E-state index is 0.0229. The SMILES string of the molecule is CCOc1cccc(NS(=O)(=O)c2cn(CC)nc2N)c1. The van der Waals surface area contributed by atoms with Gasteiger partial charge in [0, 0.05) is 18.8 Å². The van der Waals surface area contributed by atoms with Gasteiger partial charge in [-0.15, -0.1) is 0 Å². The molecule has 21 heavy (non-hydrogen) atoms. The number of hydrogen-bond acceptors (Lipinski definition) is 5. The first-order valence-electron chi connectivity index (χ1n) is 6.55. The molecule has 0 aliphatic heterocycles. The van der Waals surface area contributed by atoms with Crippen LogP contribution in [0, 0.1) is 0 Å². The van der Waals surface area contributed by atoms with E-state index in [0.29, 0.717) is 24.6 Å². The quantitative estimate of drug-likeness (QED) is 0.845. The van der Waals surface area contributed by atoms with Crippen molar-refractivity contribution in [3.05, 3.63) is 30.5 Å². The van der Waals surface area contributed by atoms with Gasteiger partial charge >= 0.3 is 0 Å². The standard InChI is InChI=1S/C13H18N4O3S/c1-3-17-9-12(13(14)15-17)21(18,19)16-10-6-5-7-11(8-10)20-4-2/h5-9,16H,3-4H2,1-2H3,(H2,14,15). The van der Waals surface area contributed by atoms with Crippen LogP contribution in [0.25, 0.3) is 0 Å². The molecule has 0 saturated carbocycles. The molecule has 0 radical (unpaired) electrons. The van der Waals surface area contributed by atoms with Crippen LogP contribution in [-0.2, 0) is 16.6 Å². The molecular formula is C13H18N4O3S. The number of nitrogens with one attached hydrogen (secondary N) is 1. The van der Waals surface area contributed by atoms with E-state index in [2.05, 4.69) is 9.82 Å². The van der Waals surface area contributed by atoms with Crippen LogP contribution < -0.4 is 15.2 Å². The van der Waals surface area contributed by atoms with E-state index in [1.54, 1.807) is 24.3 Å². The summed E-state index contributed by atoms with van der Waals surface area (Å²) in [5.41, 5.74) is 6.07. The van der Waals surface area contributed by atoms with Gasteiger partial charge in [-0.1, -0.05) is 6.07 Å². The minimum Gasteiger partial charge on any atom is -0.494 e. The lowest BCUT2D eigenvalue weighted by Crippen LogP contribution is -2.14. The lowest BCUT2D eigenvalue weighted by Gasteiger charge is -2.09. The van der Waals surface area contributed by atoms with Gasteiger partial charge in [-0.2, -0.15) is 5.10 Å². The van der Waals surface area contributed by atoms with Crippen LogP contribution in [-0.4, -0.2) is 24.8 Å². The highest BCUT2D eigenvalue weighted by Crippen LogP contribution is 2.23. The fourth-order valence-electron chi connectivity index (χ4n) is 1.81. The number of aryl methyl sites for hydroxylation is 1. The topological polar surface area (TPSA) is 99.2 Å². The van der Waals surface area contributed by atoms with Gasteiger partial charge < -0.3 is 10.5 Å². The Balaban J connectivity index is 2.28. The molecule has 0 aliphatic carbocycles. The largest absolute Gasteiger partial charge is 0.494 e. The molecule has 3 N–H and O–H groups in total. The van der Waals surface area contributed by atoms with Gasteiger partial charge in [0.2, 0.25) is 0 Å². The van der Waals surface area contributed by atoms with Crippen molar-refractivity contribution in [1.29, 1.82) is 0 Å². The first kappa shape index (κ1) is 15.2. The predicted molar refractivity (Wildman–Crippen MR) is 80.7 cm³/mol. The summed E-state index contributed by atoms with van der Waals surface area (Å²) in [5, 5.41) is 3.93. The Bertz CT molecular complexity index is 725. The number of nitrogens with zero attached hydrogens (tertiary/aromatic N) is 2. The number of ether oxygens (including phenoxy) is 1. The molecule has 0 unspecified atom stereocenters. The number of aromatic nitrogens is 2. The Morgan fingerprint density at radius 3 is 2.76 bits per heavy atom.